The number of carbonyl (C=O) groups is 1. The van der Waals surface area contributed by atoms with Gasteiger partial charge < -0.3 is 5.73 Å². The van der Waals surface area contributed by atoms with E-state index in [4.69, 9.17) is 5.73 Å². The first-order chi connectivity index (χ1) is 9.00. The highest BCUT2D eigenvalue weighted by atomic mass is 19.2. The third kappa shape index (κ3) is 1.81. The Hall–Kier alpha value is -1.29. The molecule has 19 heavy (non-hydrogen) atoms. The smallest absolute Gasteiger partial charge is 0.170 e. The van der Waals surface area contributed by atoms with Crippen LogP contribution in [0.4, 0.5) is 8.78 Å². The van der Waals surface area contributed by atoms with Gasteiger partial charge in [-0.15, -0.1) is 0 Å². The predicted molar refractivity (Wildman–Crippen MR) is 67.7 cm³/mol. The van der Waals surface area contributed by atoms with Gasteiger partial charge in [0.1, 0.15) is 0 Å². The Labute approximate surface area is 111 Å². The molecule has 1 aromatic carbocycles. The van der Waals surface area contributed by atoms with Crippen molar-refractivity contribution in [2.75, 3.05) is 0 Å². The topological polar surface area (TPSA) is 43.1 Å². The molecule has 0 spiro atoms. The molecular weight excluding hydrogens is 248 g/mol. The lowest BCUT2D eigenvalue weighted by molar-refractivity contribution is 0.0851. The van der Waals surface area contributed by atoms with E-state index in [-0.39, 0.29) is 34.8 Å². The van der Waals surface area contributed by atoms with E-state index in [0.29, 0.717) is 5.92 Å². The van der Waals surface area contributed by atoms with Crippen molar-refractivity contribution < 1.29 is 13.6 Å². The molecule has 0 radical (unpaired) electrons. The van der Waals surface area contributed by atoms with Gasteiger partial charge in [-0.1, -0.05) is 6.07 Å². The summed E-state index contributed by atoms with van der Waals surface area (Å²) in [6, 6.07) is 2.63. The van der Waals surface area contributed by atoms with Crippen molar-refractivity contribution in [3.8, 4) is 0 Å². The minimum atomic E-state index is -1.03. The molecule has 0 aromatic heterocycles. The van der Waals surface area contributed by atoms with Gasteiger partial charge in [-0.3, -0.25) is 4.79 Å². The average Bonchev–Trinajstić information content (AvgIpc) is 2.96. The van der Waals surface area contributed by atoms with Crippen molar-refractivity contribution in [3.05, 3.63) is 34.9 Å². The second-order valence-corrected chi connectivity index (χ2v) is 5.86. The van der Waals surface area contributed by atoms with Gasteiger partial charge in [-0.05, 0) is 49.7 Å². The SMILES string of the molecule is Cc1ccc(C(=O)C2C3CCC(C3)C2N)c(F)c1F. The van der Waals surface area contributed by atoms with Crippen molar-refractivity contribution in [1.29, 1.82) is 0 Å². The summed E-state index contributed by atoms with van der Waals surface area (Å²) in [5.41, 5.74) is 6.16. The van der Waals surface area contributed by atoms with E-state index < -0.39 is 11.6 Å². The zero-order chi connectivity index (χ0) is 13.7. The zero-order valence-electron chi connectivity index (χ0n) is 10.8. The lowest BCUT2D eigenvalue weighted by Gasteiger charge is -2.27. The van der Waals surface area contributed by atoms with E-state index in [1.54, 1.807) is 0 Å². The standard InChI is InChI=1S/C15H17F2NO/c1-7-2-5-10(13(17)12(7)16)15(19)11-8-3-4-9(6-8)14(11)18/h2,5,8-9,11,14H,3-4,6,18H2,1H3. The van der Waals surface area contributed by atoms with Crippen LogP contribution in [0.3, 0.4) is 0 Å². The third-order valence-electron chi connectivity index (χ3n) is 4.82. The highest BCUT2D eigenvalue weighted by Crippen LogP contribution is 2.48. The molecule has 0 heterocycles. The molecule has 0 aliphatic heterocycles. The molecule has 2 saturated carbocycles. The second-order valence-electron chi connectivity index (χ2n) is 5.86. The zero-order valence-corrected chi connectivity index (χ0v) is 10.8. The van der Waals surface area contributed by atoms with Crippen molar-refractivity contribution in [2.24, 2.45) is 23.5 Å². The molecule has 2 aliphatic carbocycles. The molecule has 1 aromatic rings. The monoisotopic (exact) mass is 265 g/mol. The molecule has 3 rings (SSSR count). The highest BCUT2D eigenvalue weighted by molar-refractivity contribution is 5.99. The predicted octanol–water partition coefficient (Wildman–Crippen LogP) is 2.83. The summed E-state index contributed by atoms with van der Waals surface area (Å²) in [5.74, 6) is -2.00. The normalized spacial score (nSPS) is 32.8. The van der Waals surface area contributed by atoms with Gasteiger partial charge in [0.05, 0.1) is 5.56 Å². The number of halogens is 2. The fourth-order valence-electron chi connectivity index (χ4n) is 3.74. The van der Waals surface area contributed by atoms with Gasteiger partial charge >= 0.3 is 0 Å². The lowest BCUT2D eigenvalue weighted by atomic mass is 9.80. The first kappa shape index (κ1) is 12.7. The van der Waals surface area contributed by atoms with Crippen LogP contribution in [0.1, 0.15) is 35.2 Å². The molecule has 2 nitrogen and oxygen atoms in total. The Kier molecular flexibility index (Phi) is 2.93. The molecule has 2 bridgehead atoms. The summed E-state index contributed by atoms with van der Waals surface area (Å²) in [4.78, 5) is 12.4. The van der Waals surface area contributed by atoms with Gasteiger partial charge in [0.15, 0.2) is 17.4 Å². The summed E-state index contributed by atoms with van der Waals surface area (Å²) in [6.07, 6.45) is 2.98. The van der Waals surface area contributed by atoms with E-state index in [0.717, 1.165) is 19.3 Å². The Bertz CT molecular complexity index is 541. The average molecular weight is 265 g/mol. The van der Waals surface area contributed by atoms with Crippen LogP contribution in [0.25, 0.3) is 0 Å². The number of Topliss-reactive ketones (excluding diaryl/α,β-unsaturated/α-hetero) is 1. The van der Waals surface area contributed by atoms with Gasteiger partial charge in [-0.2, -0.15) is 0 Å². The van der Waals surface area contributed by atoms with Crippen molar-refractivity contribution >= 4 is 5.78 Å². The molecule has 0 saturated heterocycles. The summed E-state index contributed by atoms with van der Waals surface area (Å²) >= 11 is 0. The van der Waals surface area contributed by atoms with Gasteiger partial charge in [0.25, 0.3) is 0 Å². The van der Waals surface area contributed by atoms with E-state index in [1.807, 2.05) is 0 Å². The summed E-state index contributed by atoms with van der Waals surface area (Å²) < 4.78 is 27.5. The number of benzene rings is 1. The molecule has 4 atom stereocenters. The minimum absolute atomic E-state index is 0.142. The van der Waals surface area contributed by atoms with Crippen LogP contribution in [0, 0.1) is 36.3 Å². The van der Waals surface area contributed by atoms with Crippen LogP contribution in [0.5, 0.6) is 0 Å². The number of hydrogen-bond acceptors (Lipinski definition) is 2. The van der Waals surface area contributed by atoms with Crippen LogP contribution >= 0.6 is 0 Å². The van der Waals surface area contributed by atoms with Gasteiger partial charge in [0, 0.05) is 12.0 Å². The van der Waals surface area contributed by atoms with Crippen molar-refractivity contribution in [1.82, 2.24) is 0 Å². The highest BCUT2D eigenvalue weighted by Gasteiger charge is 2.49. The number of fused-ring (bicyclic) bond motifs is 2. The molecular formula is C15H17F2NO. The molecule has 2 aliphatic rings. The van der Waals surface area contributed by atoms with Crippen LogP contribution in [0.2, 0.25) is 0 Å². The third-order valence-corrected chi connectivity index (χ3v) is 4.82. The van der Waals surface area contributed by atoms with E-state index >= 15 is 0 Å². The maximum absolute atomic E-state index is 13.9. The van der Waals surface area contributed by atoms with Gasteiger partial charge in [-0.25, -0.2) is 8.78 Å². The summed E-state index contributed by atoms with van der Waals surface area (Å²) in [6.45, 7) is 1.48. The van der Waals surface area contributed by atoms with Crippen LogP contribution < -0.4 is 5.73 Å². The quantitative estimate of drug-likeness (QED) is 0.836. The summed E-state index contributed by atoms with van der Waals surface area (Å²) in [5, 5.41) is 0. The summed E-state index contributed by atoms with van der Waals surface area (Å²) in [7, 11) is 0. The first-order valence-electron chi connectivity index (χ1n) is 6.75. The number of aryl methyl sites for hydroxylation is 1. The number of rotatable bonds is 2. The minimum Gasteiger partial charge on any atom is -0.327 e. The fourth-order valence-corrected chi connectivity index (χ4v) is 3.74. The molecule has 4 unspecified atom stereocenters. The van der Waals surface area contributed by atoms with Crippen molar-refractivity contribution in [2.45, 2.75) is 32.2 Å². The first-order valence-corrected chi connectivity index (χ1v) is 6.75. The fraction of sp³-hybridized carbons (Fsp3) is 0.533. The van der Waals surface area contributed by atoms with Crippen LogP contribution in [0.15, 0.2) is 12.1 Å². The molecule has 102 valence electrons. The second kappa shape index (κ2) is 4.37. The molecule has 2 N–H and O–H groups in total. The Morgan fingerprint density at radius 3 is 2.53 bits per heavy atom. The van der Waals surface area contributed by atoms with Gasteiger partial charge in [0.2, 0.25) is 0 Å². The van der Waals surface area contributed by atoms with E-state index in [9.17, 15) is 13.6 Å². The molecule has 0 amide bonds. The van der Waals surface area contributed by atoms with E-state index in [2.05, 4.69) is 0 Å². The van der Waals surface area contributed by atoms with Crippen LogP contribution in [-0.4, -0.2) is 11.8 Å². The number of ketones is 1. The van der Waals surface area contributed by atoms with E-state index in [1.165, 1.54) is 19.1 Å². The number of nitrogens with two attached hydrogens (primary N) is 1. The van der Waals surface area contributed by atoms with Crippen LogP contribution in [-0.2, 0) is 0 Å². The Morgan fingerprint density at radius 1 is 1.21 bits per heavy atom. The number of hydrogen-bond donors (Lipinski definition) is 1. The number of carbonyl (C=O) groups excluding carboxylic acids is 1. The Balaban J connectivity index is 1.95. The molecule has 2 fully saturated rings. The maximum Gasteiger partial charge on any atom is 0.170 e. The van der Waals surface area contributed by atoms with Crippen molar-refractivity contribution in [3.63, 3.8) is 0 Å². The Morgan fingerprint density at radius 2 is 1.89 bits per heavy atom. The lowest BCUT2D eigenvalue weighted by Crippen LogP contribution is -2.40. The molecule has 4 heteroatoms. The maximum atomic E-state index is 13.9. The largest absolute Gasteiger partial charge is 0.327 e.